The van der Waals surface area contributed by atoms with Gasteiger partial charge in [-0.3, -0.25) is 0 Å². The first-order chi connectivity index (χ1) is 11.3. The van der Waals surface area contributed by atoms with E-state index in [0.717, 1.165) is 24.3 Å². The first-order valence-electron chi connectivity index (χ1n) is 7.34. The zero-order valence-corrected chi connectivity index (χ0v) is 12.3. The van der Waals surface area contributed by atoms with Crippen molar-refractivity contribution in [3.8, 4) is 16.9 Å². The van der Waals surface area contributed by atoms with Crippen molar-refractivity contribution < 1.29 is 4.39 Å². The van der Waals surface area contributed by atoms with E-state index >= 15 is 0 Å². The lowest BCUT2D eigenvalue weighted by atomic mass is 10.2. The Morgan fingerprint density at radius 1 is 1.04 bits per heavy atom. The molecule has 4 rings (SSSR count). The summed E-state index contributed by atoms with van der Waals surface area (Å²) in [5, 5.41) is 4.24. The SMILES string of the molecule is Fc1ccccc1-n1cc(-c2ccnc(N3CC=CC3)n2)cn1. The summed E-state index contributed by atoms with van der Waals surface area (Å²) >= 11 is 0. The number of para-hydroxylation sites is 1. The topological polar surface area (TPSA) is 46.8 Å². The van der Waals surface area contributed by atoms with E-state index in [-0.39, 0.29) is 5.82 Å². The van der Waals surface area contributed by atoms with E-state index in [0.29, 0.717) is 11.6 Å². The highest BCUT2D eigenvalue weighted by molar-refractivity contribution is 5.59. The van der Waals surface area contributed by atoms with Gasteiger partial charge in [0.15, 0.2) is 0 Å². The normalized spacial score (nSPS) is 13.7. The van der Waals surface area contributed by atoms with Crippen LogP contribution in [-0.2, 0) is 0 Å². The molecule has 0 fully saturated rings. The van der Waals surface area contributed by atoms with Crippen LogP contribution in [0.4, 0.5) is 10.3 Å². The Bertz CT molecular complexity index is 863. The average molecular weight is 307 g/mol. The summed E-state index contributed by atoms with van der Waals surface area (Å²) in [6.07, 6.45) is 9.36. The lowest BCUT2D eigenvalue weighted by Crippen LogP contribution is -2.21. The molecule has 0 unspecified atom stereocenters. The zero-order chi connectivity index (χ0) is 15.6. The lowest BCUT2D eigenvalue weighted by molar-refractivity contribution is 0.611. The number of anilines is 1. The molecule has 0 aliphatic carbocycles. The molecule has 2 aromatic heterocycles. The summed E-state index contributed by atoms with van der Waals surface area (Å²) < 4.78 is 15.4. The van der Waals surface area contributed by atoms with Crippen LogP contribution >= 0.6 is 0 Å². The number of rotatable bonds is 3. The lowest BCUT2D eigenvalue weighted by Gasteiger charge is -2.15. The van der Waals surface area contributed by atoms with Gasteiger partial charge in [-0.05, 0) is 18.2 Å². The monoisotopic (exact) mass is 307 g/mol. The fourth-order valence-corrected chi connectivity index (χ4v) is 2.53. The molecule has 23 heavy (non-hydrogen) atoms. The van der Waals surface area contributed by atoms with Gasteiger partial charge >= 0.3 is 0 Å². The number of hydrogen-bond donors (Lipinski definition) is 0. The molecule has 114 valence electrons. The van der Waals surface area contributed by atoms with Crippen molar-refractivity contribution in [2.24, 2.45) is 0 Å². The Kier molecular flexibility index (Phi) is 3.34. The summed E-state index contributed by atoms with van der Waals surface area (Å²) in [5.41, 5.74) is 2.00. The minimum absolute atomic E-state index is 0.311. The molecule has 6 heteroatoms. The highest BCUT2D eigenvalue weighted by Gasteiger charge is 2.13. The van der Waals surface area contributed by atoms with Gasteiger partial charge in [0.25, 0.3) is 0 Å². The molecule has 0 spiro atoms. The Hall–Kier alpha value is -3.02. The van der Waals surface area contributed by atoms with E-state index < -0.39 is 0 Å². The smallest absolute Gasteiger partial charge is 0.226 e. The van der Waals surface area contributed by atoms with Gasteiger partial charge in [0, 0.05) is 31.0 Å². The van der Waals surface area contributed by atoms with Gasteiger partial charge in [-0.1, -0.05) is 24.3 Å². The molecular weight excluding hydrogens is 293 g/mol. The van der Waals surface area contributed by atoms with Gasteiger partial charge in [0.1, 0.15) is 11.5 Å². The summed E-state index contributed by atoms with van der Waals surface area (Å²) in [7, 11) is 0. The van der Waals surface area contributed by atoms with Crippen molar-refractivity contribution in [1.29, 1.82) is 0 Å². The summed E-state index contributed by atoms with van der Waals surface area (Å²) in [5.74, 6) is 0.375. The maximum absolute atomic E-state index is 13.9. The summed E-state index contributed by atoms with van der Waals surface area (Å²) in [6, 6.07) is 8.37. The maximum atomic E-state index is 13.9. The Morgan fingerprint density at radius 3 is 2.70 bits per heavy atom. The van der Waals surface area contributed by atoms with Crippen LogP contribution in [0, 0.1) is 5.82 Å². The number of halogens is 1. The van der Waals surface area contributed by atoms with Gasteiger partial charge in [0.2, 0.25) is 5.95 Å². The molecule has 0 amide bonds. The third-order valence-corrected chi connectivity index (χ3v) is 3.72. The second-order valence-electron chi connectivity index (χ2n) is 5.24. The Morgan fingerprint density at radius 2 is 1.87 bits per heavy atom. The number of benzene rings is 1. The third kappa shape index (κ3) is 2.59. The van der Waals surface area contributed by atoms with E-state index in [2.05, 4.69) is 32.1 Å². The second kappa shape index (κ2) is 5.64. The van der Waals surface area contributed by atoms with Crippen LogP contribution in [0.2, 0.25) is 0 Å². The second-order valence-corrected chi connectivity index (χ2v) is 5.24. The minimum Gasteiger partial charge on any atom is -0.333 e. The van der Waals surface area contributed by atoms with Crippen molar-refractivity contribution in [3.63, 3.8) is 0 Å². The van der Waals surface area contributed by atoms with Crippen molar-refractivity contribution in [1.82, 2.24) is 19.7 Å². The van der Waals surface area contributed by atoms with Gasteiger partial charge in [-0.15, -0.1) is 0 Å². The highest BCUT2D eigenvalue weighted by Crippen LogP contribution is 2.21. The van der Waals surface area contributed by atoms with E-state index in [1.807, 2.05) is 6.07 Å². The van der Waals surface area contributed by atoms with Crippen LogP contribution < -0.4 is 4.90 Å². The summed E-state index contributed by atoms with van der Waals surface area (Å²) in [4.78, 5) is 11.0. The molecule has 3 heterocycles. The van der Waals surface area contributed by atoms with Crippen LogP contribution in [0.3, 0.4) is 0 Å². The molecule has 5 nitrogen and oxygen atoms in total. The molecule has 3 aromatic rings. The molecule has 0 N–H and O–H groups in total. The van der Waals surface area contributed by atoms with Crippen LogP contribution in [0.15, 0.2) is 61.1 Å². The molecule has 0 bridgehead atoms. The highest BCUT2D eigenvalue weighted by atomic mass is 19.1. The van der Waals surface area contributed by atoms with E-state index in [9.17, 15) is 4.39 Å². The van der Waals surface area contributed by atoms with Gasteiger partial charge < -0.3 is 4.90 Å². The van der Waals surface area contributed by atoms with Crippen LogP contribution in [0.25, 0.3) is 16.9 Å². The molecule has 1 aliphatic rings. The average Bonchev–Trinajstić information content (AvgIpc) is 3.27. The molecule has 1 aliphatic heterocycles. The molecule has 0 atom stereocenters. The third-order valence-electron chi connectivity index (χ3n) is 3.72. The molecule has 0 saturated heterocycles. The van der Waals surface area contributed by atoms with Crippen LogP contribution in [-0.4, -0.2) is 32.8 Å². The Balaban J connectivity index is 1.67. The van der Waals surface area contributed by atoms with Crippen LogP contribution in [0.1, 0.15) is 0 Å². The van der Waals surface area contributed by atoms with Gasteiger partial charge in [-0.25, -0.2) is 19.0 Å². The van der Waals surface area contributed by atoms with E-state index in [1.54, 1.807) is 36.8 Å². The van der Waals surface area contributed by atoms with Crippen molar-refractivity contribution in [2.75, 3.05) is 18.0 Å². The van der Waals surface area contributed by atoms with E-state index in [4.69, 9.17) is 0 Å². The predicted molar refractivity (Wildman–Crippen MR) is 85.9 cm³/mol. The number of nitrogens with zero attached hydrogens (tertiary/aromatic N) is 5. The van der Waals surface area contributed by atoms with Gasteiger partial charge in [0.05, 0.1) is 11.9 Å². The fourth-order valence-electron chi connectivity index (χ4n) is 2.53. The standard InChI is InChI=1S/C17H14FN5/c18-14-5-1-2-6-16(14)23-12-13(11-20-23)15-7-8-19-17(21-15)22-9-3-4-10-22/h1-8,11-12H,9-10H2. The maximum Gasteiger partial charge on any atom is 0.226 e. The number of hydrogen-bond acceptors (Lipinski definition) is 4. The quantitative estimate of drug-likeness (QED) is 0.698. The fraction of sp³-hybridized carbons (Fsp3) is 0.118. The predicted octanol–water partition coefficient (Wildman–Crippen LogP) is 2.84. The van der Waals surface area contributed by atoms with E-state index in [1.165, 1.54) is 10.7 Å². The first-order valence-corrected chi connectivity index (χ1v) is 7.34. The molecular formula is C17H14FN5. The van der Waals surface area contributed by atoms with Crippen molar-refractivity contribution >= 4 is 5.95 Å². The summed E-state index contributed by atoms with van der Waals surface area (Å²) in [6.45, 7) is 1.63. The van der Waals surface area contributed by atoms with Gasteiger partial charge in [-0.2, -0.15) is 5.10 Å². The molecule has 0 radical (unpaired) electrons. The first kappa shape index (κ1) is 13.6. The largest absolute Gasteiger partial charge is 0.333 e. The Labute approximate surface area is 132 Å². The van der Waals surface area contributed by atoms with Crippen molar-refractivity contribution in [3.05, 3.63) is 66.9 Å². The molecule has 0 saturated carbocycles. The van der Waals surface area contributed by atoms with Crippen molar-refractivity contribution in [2.45, 2.75) is 0 Å². The van der Waals surface area contributed by atoms with Crippen LogP contribution in [0.5, 0.6) is 0 Å². The zero-order valence-electron chi connectivity index (χ0n) is 12.3. The number of aromatic nitrogens is 4. The minimum atomic E-state index is -0.311. The molecule has 1 aromatic carbocycles.